The van der Waals surface area contributed by atoms with Gasteiger partial charge in [0.15, 0.2) is 5.96 Å². The number of anilines is 1. The number of guanidine groups is 1. The fourth-order valence-corrected chi connectivity index (χ4v) is 4.87. The van der Waals surface area contributed by atoms with Crippen molar-refractivity contribution in [3.63, 3.8) is 0 Å². The van der Waals surface area contributed by atoms with Gasteiger partial charge >= 0.3 is 0 Å². The molecular formula is C20H35N5S. The predicted octanol–water partition coefficient (Wildman–Crippen LogP) is 3.00. The Morgan fingerprint density at radius 2 is 2.12 bits per heavy atom. The maximum atomic E-state index is 4.42. The quantitative estimate of drug-likeness (QED) is 0.454. The van der Waals surface area contributed by atoms with Gasteiger partial charge in [-0.15, -0.1) is 11.3 Å². The number of piperidine rings is 2. The van der Waals surface area contributed by atoms with Crippen molar-refractivity contribution in [2.24, 2.45) is 10.9 Å². The van der Waals surface area contributed by atoms with Crippen molar-refractivity contribution in [3.05, 3.63) is 17.5 Å². The number of likely N-dealkylation sites (tertiary alicyclic amines) is 1. The molecule has 2 N–H and O–H groups in total. The van der Waals surface area contributed by atoms with Gasteiger partial charge in [0.1, 0.15) is 0 Å². The van der Waals surface area contributed by atoms with Crippen molar-refractivity contribution in [1.29, 1.82) is 0 Å². The molecule has 1 aromatic rings. The lowest BCUT2D eigenvalue weighted by molar-refractivity contribution is 0.182. The third-order valence-electron chi connectivity index (χ3n) is 5.56. The Hall–Kier alpha value is -1.27. The van der Waals surface area contributed by atoms with E-state index in [1.165, 1.54) is 56.7 Å². The van der Waals surface area contributed by atoms with Crippen LogP contribution in [0, 0.1) is 5.92 Å². The molecule has 1 atom stereocenters. The average molecular weight is 378 g/mol. The number of thiophene rings is 1. The highest BCUT2D eigenvalue weighted by Gasteiger charge is 2.20. The second-order valence-electron chi connectivity index (χ2n) is 7.76. The van der Waals surface area contributed by atoms with Crippen LogP contribution in [0.4, 0.5) is 5.00 Å². The molecular weight excluding hydrogens is 342 g/mol. The van der Waals surface area contributed by atoms with Crippen LogP contribution in [0.2, 0.25) is 0 Å². The Morgan fingerprint density at radius 3 is 2.81 bits per heavy atom. The van der Waals surface area contributed by atoms with Gasteiger partial charge in [-0.25, -0.2) is 0 Å². The van der Waals surface area contributed by atoms with Gasteiger partial charge < -0.3 is 20.4 Å². The first-order valence-electron chi connectivity index (χ1n) is 10.2. The molecule has 0 aliphatic carbocycles. The van der Waals surface area contributed by atoms with E-state index in [2.05, 4.69) is 49.9 Å². The van der Waals surface area contributed by atoms with E-state index in [1.54, 1.807) is 0 Å². The van der Waals surface area contributed by atoms with Crippen LogP contribution in [-0.2, 0) is 0 Å². The summed E-state index contributed by atoms with van der Waals surface area (Å²) in [6.07, 6.45) is 6.29. The summed E-state index contributed by atoms with van der Waals surface area (Å²) in [4.78, 5) is 9.53. The molecule has 0 aromatic carbocycles. The highest BCUT2D eigenvalue weighted by molar-refractivity contribution is 7.14. The van der Waals surface area contributed by atoms with Crippen molar-refractivity contribution in [3.8, 4) is 0 Å². The van der Waals surface area contributed by atoms with Gasteiger partial charge in [-0.1, -0.05) is 6.92 Å². The van der Waals surface area contributed by atoms with E-state index in [1.807, 2.05) is 18.4 Å². The van der Waals surface area contributed by atoms with Crippen molar-refractivity contribution < 1.29 is 0 Å². The van der Waals surface area contributed by atoms with Gasteiger partial charge in [0.25, 0.3) is 0 Å². The molecule has 0 bridgehead atoms. The lowest BCUT2D eigenvalue weighted by Crippen LogP contribution is -2.49. The molecule has 2 saturated heterocycles. The Morgan fingerprint density at radius 1 is 1.27 bits per heavy atom. The van der Waals surface area contributed by atoms with E-state index in [4.69, 9.17) is 0 Å². The Kier molecular flexibility index (Phi) is 7.62. The van der Waals surface area contributed by atoms with Crippen LogP contribution in [0.5, 0.6) is 0 Å². The minimum Gasteiger partial charge on any atom is -0.363 e. The van der Waals surface area contributed by atoms with Crippen molar-refractivity contribution in [2.45, 2.75) is 45.1 Å². The molecule has 1 unspecified atom stereocenters. The molecule has 0 spiro atoms. The zero-order valence-corrected chi connectivity index (χ0v) is 17.2. The Bertz CT molecular complexity index is 536. The maximum Gasteiger partial charge on any atom is 0.191 e. The second kappa shape index (κ2) is 10.2. The van der Waals surface area contributed by atoms with Gasteiger partial charge in [-0.3, -0.25) is 4.99 Å². The maximum absolute atomic E-state index is 4.42. The minimum absolute atomic E-state index is 0.528. The standard InChI is InChI=1S/C20H35N5S/c1-17-6-3-11-24(16-17)12-5-10-22-20(21-2)23-18-8-13-25(14-9-18)19-7-4-15-26-19/h4,7,15,17-18H,3,5-6,8-14,16H2,1-2H3,(H2,21,22,23). The van der Waals surface area contributed by atoms with Crippen LogP contribution < -0.4 is 15.5 Å². The van der Waals surface area contributed by atoms with Crippen LogP contribution in [0.1, 0.15) is 39.0 Å². The first-order chi connectivity index (χ1) is 12.7. The first-order valence-corrected chi connectivity index (χ1v) is 11.1. The predicted molar refractivity (Wildman–Crippen MR) is 114 cm³/mol. The summed E-state index contributed by atoms with van der Waals surface area (Å²) in [5.41, 5.74) is 0. The van der Waals surface area contributed by atoms with Crippen LogP contribution in [-0.4, -0.2) is 63.2 Å². The number of hydrogen-bond donors (Lipinski definition) is 2. The van der Waals surface area contributed by atoms with Crippen LogP contribution in [0.3, 0.4) is 0 Å². The second-order valence-corrected chi connectivity index (χ2v) is 8.68. The molecule has 3 rings (SSSR count). The first kappa shape index (κ1) is 19.5. The van der Waals surface area contributed by atoms with E-state index in [-0.39, 0.29) is 0 Å². The Balaban J connectivity index is 1.31. The van der Waals surface area contributed by atoms with E-state index >= 15 is 0 Å². The summed E-state index contributed by atoms with van der Waals surface area (Å²) in [6, 6.07) is 4.89. The molecule has 26 heavy (non-hydrogen) atoms. The summed E-state index contributed by atoms with van der Waals surface area (Å²) in [5.74, 6) is 1.83. The molecule has 1 aromatic heterocycles. The molecule has 3 heterocycles. The number of aliphatic imine (C=N–C) groups is 1. The highest BCUT2D eigenvalue weighted by Crippen LogP contribution is 2.24. The molecule has 6 heteroatoms. The monoisotopic (exact) mass is 377 g/mol. The molecule has 146 valence electrons. The van der Waals surface area contributed by atoms with Crippen molar-refractivity contribution in [2.75, 3.05) is 51.2 Å². The third-order valence-corrected chi connectivity index (χ3v) is 6.49. The number of nitrogens with one attached hydrogen (secondary N) is 2. The van der Waals surface area contributed by atoms with Gasteiger partial charge in [-0.05, 0) is 68.6 Å². The zero-order valence-electron chi connectivity index (χ0n) is 16.4. The van der Waals surface area contributed by atoms with E-state index in [0.717, 1.165) is 31.5 Å². The fourth-order valence-electron chi connectivity index (χ4n) is 4.08. The fraction of sp³-hybridized carbons (Fsp3) is 0.750. The average Bonchev–Trinajstić information content (AvgIpc) is 3.19. The molecule has 0 saturated carbocycles. The topological polar surface area (TPSA) is 42.9 Å². The summed E-state index contributed by atoms with van der Waals surface area (Å²) < 4.78 is 0. The normalized spacial score (nSPS) is 23.2. The van der Waals surface area contributed by atoms with Crippen molar-refractivity contribution in [1.82, 2.24) is 15.5 Å². The lowest BCUT2D eigenvalue weighted by Gasteiger charge is -2.33. The van der Waals surface area contributed by atoms with Gasteiger partial charge in [0, 0.05) is 39.3 Å². The Labute approximate surface area is 162 Å². The molecule has 0 radical (unpaired) electrons. The molecule has 5 nitrogen and oxygen atoms in total. The molecule has 2 fully saturated rings. The number of rotatable bonds is 6. The minimum atomic E-state index is 0.528. The van der Waals surface area contributed by atoms with E-state index < -0.39 is 0 Å². The van der Waals surface area contributed by atoms with Crippen LogP contribution in [0.15, 0.2) is 22.5 Å². The summed E-state index contributed by atoms with van der Waals surface area (Å²) in [6.45, 7) is 9.38. The van der Waals surface area contributed by atoms with Gasteiger partial charge in [-0.2, -0.15) is 0 Å². The van der Waals surface area contributed by atoms with Crippen molar-refractivity contribution >= 4 is 22.3 Å². The number of hydrogen-bond acceptors (Lipinski definition) is 4. The molecule has 2 aliphatic heterocycles. The van der Waals surface area contributed by atoms with Crippen LogP contribution in [0.25, 0.3) is 0 Å². The smallest absolute Gasteiger partial charge is 0.191 e. The van der Waals surface area contributed by atoms with E-state index in [0.29, 0.717) is 6.04 Å². The zero-order chi connectivity index (χ0) is 18.2. The summed E-state index contributed by atoms with van der Waals surface area (Å²) >= 11 is 1.84. The molecule has 0 amide bonds. The van der Waals surface area contributed by atoms with Gasteiger partial charge in [0.05, 0.1) is 5.00 Å². The van der Waals surface area contributed by atoms with E-state index in [9.17, 15) is 0 Å². The highest BCUT2D eigenvalue weighted by atomic mass is 32.1. The largest absolute Gasteiger partial charge is 0.363 e. The van der Waals surface area contributed by atoms with Crippen LogP contribution >= 0.6 is 11.3 Å². The molecule has 2 aliphatic rings. The number of nitrogens with zero attached hydrogens (tertiary/aromatic N) is 3. The summed E-state index contributed by atoms with van der Waals surface area (Å²) in [7, 11) is 1.88. The SMILES string of the molecule is CN=C(NCCCN1CCCC(C)C1)NC1CCN(c2cccs2)CC1. The summed E-state index contributed by atoms with van der Waals surface area (Å²) in [5, 5.41) is 10.7. The van der Waals surface area contributed by atoms with Gasteiger partial charge in [0.2, 0.25) is 0 Å². The third kappa shape index (κ3) is 5.88. The lowest BCUT2D eigenvalue weighted by atomic mass is 10.0.